The van der Waals surface area contributed by atoms with E-state index < -0.39 is 42.3 Å². The predicted octanol–water partition coefficient (Wildman–Crippen LogP) is 2.47. The van der Waals surface area contributed by atoms with Gasteiger partial charge in [-0.1, -0.05) is 30.3 Å². The monoisotopic (exact) mass is 426 g/mol. The Hall–Kier alpha value is -3.23. The van der Waals surface area contributed by atoms with Gasteiger partial charge in [-0.15, -0.1) is 0 Å². The Bertz CT molecular complexity index is 1000. The van der Waals surface area contributed by atoms with Crippen LogP contribution in [0.5, 0.6) is 5.75 Å². The van der Waals surface area contributed by atoms with Crippen molar-refractivity contribution in [3.05, 3.63) is 65.2 Å². The third-order valence-corrected chi connectivity index (χ3v) is 5.21. The van der Waals surface area contributed by atoms with Crippen molar-refractivity contribution >= 4 is 17.9 Å². The number of benzene rings is 2. The first kappa shape index (κ1) is 21.0. The number of ether oxygens (including phenoxy) is 5. The number of hydrogen-bond acceptors (Lipinski definition) is 8. The van der Waals surface area contributed by atoms with Gasteiger partial charge in [-0.2, -0.15) is 0 Å². The summed E-state index contributed by atoms with van der Waals surface area (Å²) in [5, 5.41) is 0. The largest absolute Gasteiger partial charge is 0.453 e. The molecule has 0 aromatic heterocycles. The van der Waals surface area contributed by atoms with Gasteiger partial charge in [-0.3, -0.25) is 4.79 Å². The average Bonchev–Trinajstić information content (AvgIpc) is 3.31. The molecule has 2 heterocycles. The standard InChI is InChI=1S/C23H22O8/c1-13-7-3-4-8-15(13)22(25)30-18-11-27-21-19(12-28-20(18)21)31-23(26)16-9-5-6-10-17(16)29-14(2)24/h3-10,18-21H,11-12H2,1-2H3/t18-,19?,20-,21-/m1/s1. The Kier molecular flexibility index (Phi) is 6.01. The van der Waals surface area contributed by atoms with E-state index >= 15 is 0 Å². The zero-order valence-corrected chi connectivity index (χ0v) is 17.1. The van der Waals surface area contributed by atoms with Crippen LogP contribution in [-0.2, 0) is 23.7 Å². The van der Waals surface area contributed by atoms with Crippen molar-refractivity contribution in [3.8, 4) is 5.75 Å². The Balaban J connectivity index is 1.40. The van der Waals surface area contributed by atoms with Crippen LogP contribution in [0.3, 0.4) is 0 Å². The third kappa shape index (κ3) is 4.45. The summed E-state index contributed by atoms with van der Waals surface area (Å²) in [6.45, 7) is 3.34. The summed E-state index contributed by atoms with van der Waals surface area (Å²) in [4.78, 5) is 36.5. The van der Waals surface area contributed by atoms with Crippen molar-refractivity contribution in [3.63, 3.8) is 0 Å². The molecular formula is C23H22O8. The van der Waals surface area contributed by atoms with E-state index in [1.807, 2.05) is 19.1 Å². The zero-order chi connectivity index (χ0) is 22.0. The minimum atomic E-state index is -0.676. The SMILES string of the molecule is CC(=O)Oc1ccccc1C(=O)OC1CO[C@H]2[C@@H]1OC[C@H]2OC(=O)c1ccccc1C. The number of carbonyl (C=O) groups is 3. The van der Waals surface area contributed by atoms with Gasteiger partial charge in [-0.05, 0) is 30.7 Å². The molecule has 8 nitrogen and oxygen atoms in total. The number of hydrogen-bond donors (Lipinski definition) is 0. The highest BCUT2D eigenvalue weighted by molar-refractivity contribution is 5.93. The topological polar surface area (TPSA) is 97.4 Å². The first-order chi connectivity index (χ1) is 14.9. The first-order valence-corrected chi connectivity index (χ1v) is 9.92. The van der Waals surface area contributed by atoms with Crippen LogP contribution in [-0.4, -0.2) is 55.5 Å². The Morgan fingerprint density at radius 2 is 1.32 bits per heavy atom. The van der Waals surface area contributed by atoms with Gasteiger partial charge in [0, 0.05) is 6.92 Å². The highest BCUT2D eigenvalue weighted by atomic mass is 16.7. The molecule has 0 amide bonds. The van der Waals surface area contributed by atoms with E-state index in [2.05, 4.69) is 0 Å². The fourth-order valence-electron chi connectivity index (χ4n) is 3.71. The van der Waals surface area contributed by atoms with Crippen molar-refractivity contribution in [1.29, 1.82) is 0 Å². The molecule has 0 N–H and O–H groups in total. The fraction of sp³-hybridized carbons (Fsp3) is 0.348. The lowest BCUT2D eigenvalue weighted by atomic mass is 10.1. The number of carbonyl (C=O) groups excluding carboxylic acids is 3. The molecule has 4 atom stereocenters. The number of aryl methyl sites for hydroxylation is 1. The van der Waals surface area contributed by atoms with E-state index in [0.29, 0.717) is 5.56 Å². The maximum Gasteiger partial charge on any atom is 0.342 e. The molecule has 0 saturated carbocycles. The minimum Gasteiger partial charge on any atom is -0.453 e. The van der Waals surface area contributed by atoms with Crippen LogP contribution in [0.15, 0.2) is 48.5 Å². The van der Waals surface area contributed by atoms with Crippen molar-refractivity contribution in [1.82, 2.24) is 0 Å². The van der Waals surface area contributed by atoms with Crippen LogP contribution in [0.1, 0.15) is 33.2 Å². The number of fused-ring (bicyclic) bond motifs is 1. The molecule has 2 saturated heterocycles. The summed E-state index contributed by atoms with van der Waals surface area (Å²) >= 11 is 0. The highest BCUT2D eigenvalue weighted by Gasteiger charge is 2.51. The van der Waals surface area contributed by atoms with Crippen LogP contribution in [0.4, 0.5) is 0 Å². The molecule has 8 heteroatoms. The zero-order valence-electron chi connectivity index (χ0n) is 17.1. The average molecular weight is 426 g/mol. The minimum absolute atomic E-state index is 0.106. The van der Waals surface area contributed by atoms with Gasteiger partial charge in [0.05, 0.1) is 18.8 Å². The quantitative estimate of drug-likeness (QED) is 0.531. The van der Waals surface area contributed by atoms with Crippen LogP contribution < -0.4 is 4.74 Å². The molecule has 2 aromatic rings. The van der Waals surface area contributed by atoms with Crippen LogP contribution in [0.25, 0.3) is 0 Å². The lowest BCUT2D eigenvalue weighted by Gasteiger charge is -2.18. The van der Waals surface area contributed by atoms with Crippen LogP contribution in [0, 0.1) is 6.92 Å². The maximum atomic E-state index is 12.7. The molecule has 0 radical (unpaired) electrons. The summed E-state index contributed by atoms with van der Waals surface area (Å²) < 4.78 is 27.7. The van der Waals surface area contributed by atoms with Gasteiger partial charge in [0.25, 0.3) is 0 Å². The third-order valence-electron chi connectivity index (χ3n) is 5.21. The molecule has 0 bridgehead atoms. The maximum absolute atomic E-state index is 12.7. The van der Waals surface area contributed by atoms with E-state index in [4.69, 9.17) is 23.7 Å². The summed E-state index contributed by atoms with van der Waals surface area (Å²) in [5.74, 6) is -1.53. The van der Waals surface area contributed by atoms with E-state index in [1.165, 1.54) is 19.1 Å². The van der Waals surface area contributed by atoms with Crippen molar-refractivity contribution in [2.45, 2.75) is 38.3 Å². The van der Waals surface area contributed by atoms with Gasteiger partial charge in [0.15, 0.2) is 12.2 Å². The van der Waals surface area contributed by atoms with Crippen molar-refractivity contribution < 1.29 is 38.1 Å². The molecular weight excluding hydrogens is 404 g/mol. The predicted molar refractivity (Wildman–Crippen MR) is 107 cm³/mol. The Morgan fingerprint density at radius 1 is 0.806 bits per heavy atom. The lowest BCUT2D eigenvalue weighted by Crippen LogP contribution is -2.36. The second-order valence-electron chi connectivity index (χ2n) is 7.39. The summed E-state index contributed by atoms with van der Waals surface area (Å²) in [7, 11) is 0. The summed E-state index contributed by atoms with van der Waals surface area (Å²) in [5.41, 5.74) is 1.42. The highest BCUT2D eigenvalue weighted by Crippen LogP contribution is 2.32. The molecule has 2 aromatic carbocycles. The molecule has 31 heavy (non-hydrogen) atoms. The summed E-state index contributed by atoms with van der Waals surface area (Å²) in [6, 6.07) is 13.5. The van der Waals surface area contributed by atoms with Crippen LogP contribution in [0.2, 0.25) is 0 Å². The van der Waals surface area contributed by atoms with Crippen molar-refractivity contribution in [2.24, 2.45) is 0 Å². The number of esters is 3. The van der Waals surface area contributed by atoms with Gasteiger partial charge >= 0.3 is 17.9 Å². The molecule has 2 aliphatic heterocycles. The molecule has 0 spiro atoms. The molecule has 4 rings (SSSR count). The lowest BCUT2D eigenvalue weighted by molar-refractivity contribution is -0.131. The number of para-hydroxylation sites is 1. The molecule has 162 valence electrons. The number of rotatable bonds is 5. The summed E-state index contributed by atoms with van der Waals surface area (Å²) in [6.07, 6.45) is -2.37. The van der Waals surface area contributed by atoms with E-state index in [1.54, 1.807) is 24.3 Å². The Morgan fingerprint density at radius 3 is 1.90 bits per heavy atom. The second kappa shape index (κ2) is 8.87. The molecule has 2 aliphatic rings. The van der Waals surface area contributed by atoms with Gasteiger partial charge in [-0.25, -0.2) is 9.59 Å². The fourth-order valence-corrected chi connectivity index (χ4v) is 3.71. The molecule has 0 aliphatic carbocycles. The van der Waals surface area contributed by atoms with Gasteiger partial charge < -0.3 is 23.7 Å². The van der Waals surface area contributed by atoms with E-state index in [-0.39, 0.29) is 24.5 Å². The van der Waals surface area contributed by atoms with E-state index in [9.17, 15) is 14.4 Å². The Labute approximate surface area is 179 Å². The van der Waals surface area contributed by atoms with Gasteiger partial charge in [0.2, 0.25) is 0 Å². The van der Waals surface area contributed by atoms with Crippen LogP contribution >= 0.6 is 0 Å². The molecule has 2 fully saturated rings. The smallest absolute Gasteiger partial charge is 0.342 e. The second-order valence-corrected chi connectivity index (χ2v) is 7.39. The van der Waals surface area contributed by atoms with Gasteiger partial charge in [0.1, 0.15) is 23.5 Å². The first-order valence-electron chi connectivity index (χ1n) is 9.92. The molecule has 1 unspecified atom stereocenters. The van der Waals surface area contributed by atoms with Crippen molar-refractivity contribution in [2.75, 3.05) is 13.2 Å². The van der Waals surface area contributed by atoms with E-state index in [0.717, 1.165) is 5.56 Å². The normalized spacial score (nSPS) is 24.3.